The molecule has 35 heavy (non-hydrogen) atoms. The standard InChI is InChI=1S/C27H24F2N4O2/c28-21-12-19(13-22(29)15-21)16-30-25(34)20-8-9-23-24(14-20)31-27(32-10-4-5-11-32)33(26(23)35)17-18-6-2-1-3-7-18/h1-3,6-9,12-15H,4-5,10-11,16-17H2,(H,30,34). The van der Waals surface area contributed by atoms with Crippen molar-refractivity contribution in [3.63, 3.8) is 0 Å². The van der Waals surface area contributed by atoms with Crippen molar-refractivity contribution in [2.75, 3.05) is 18.0 Å². The Hall–Kier alpha value is -4.07. The van der Waals surface area contributed by atoms with E-state index in [1.54, 1.807) is 22.8 Å². The van der Waals surface area contributed by atoms with Crippen LogP contribution in [-0.4, -0.2) is 28.5 Å². The number of carbonyl (C=O) groups is 1. The van der Waals surface area contributed by atoms with Crippen LogP contribution in [0.2, 0.25) is 0 Å². The first-order valence-electron chi connectivity index (χ1n) is 11.5. The molecule has 2 heterocycles. The zero-order valence-corrected chi connectivity index (χ0v) is 19.0. The molecular formula is C27H24F2N4O2. The SMILES string of the molecule is O=C(NCc1cc(F)cc(F)c1)c1ccc2c(=O)n(Cc3ccccc3)c(N3CCCC3)nc2c1. The molecule has 4 aromatic rings. The summed E-state index contributed by atoms with van der Waals surface area (Å²) in [5.41, 5.74) is 1.90. The lowest BCUT2D eigenvalue weighted by Gasteiger charge is -2.22. The number of hydrogen-bond acceptors (Lipinski definition) is 4. The molecule has 0 bridgehead atoms. The van der Waals surface area contributed by atoms with Crippen LogP contribution in [0.4, 0.5) is 14.7 Å². The van der Waals surface area contributed by atoms with E-state index in [1.165, 1.54) is 12.1 Å². The highest BCUT2D eigenvalue weighted by atomic mass is 19.1. The predicted octanol–water partition coefficient (Wildman–Crippen LogP) is 4.25. The van der Waals surface area contributed by atoms with Crippen LogP contribution in [0.1, 0.15) is 34.3 Å². The normalized spacial score (nSPS) is 13.4. The third-order valence-electron chi connectivity index (χ3n) is 6.15. The highest BCUT2D eigenvalue weighted by Gasteiger charge is 2.21. The average Bonchev–Trinajstić information content (AvgIpc) is 3.39. The molecule has 0 aliphatic carbocycles. The summed E-state index contributed by atoms with van der Waals surface area (Å²) >= 11 is 0. The van der Waals surface area contributed by atoms with Gasteiger partial charge in [0, 0.05) is 31.3 Å². The molecule has 0 spiro atoms. The highest BCUT2D eigenvalue weighted by molar-refractivity contribution is 5.97. The molecule has 1 aromatic heterocycles. The minimum absolute atomic E-state index is 0.0311. The van der Waals surface area contributed by atoms with Crippen molar-refractivity contribution in [2.24, 2.45) is 0 Å². The van der Waals surface area contributed by atoms with Crippen LogP contribution < -0.4 is 15.8 Å². The van der Waals surface area contributed by atoms with E-state index in [2.05, 4.69) is 10.2 Å². The molecule has 0 atom stereocenters. The van der Waals surface area contributed by atoms with E-state index in [-0.39, 0.29) is 12.1 Å². The Morgan fingerprint density at radius 3 is 2.34 bits per heavy atom. The molecular weight excluding hydrogens is 450 g/mol. The van der Waals surface area contributed by atoms with Gasteiger partial charge in [0.25, 0.3) is 11.5 Å². The zero-order chi connectivity index (χ0) is 24.4. The first kappa shape index (κ1) is 22.7. The minimum Gasteiger partial charge on any atom is -0.348 e. The van der Waals surface area contributed by atoms with E-state index in [1.807, 2.05) is 30.3 Å². The molecule has 1 saturated heterocycles. The average molecular weight is 475 g/mol. The van der Waals surface area contributed by atoms with Crippen molar-refractivity contribution in [2.45, 2.75) is 25.9 Å². The van der Waals surface area contributed by atoms with Gasteiger partial charge in [-0.2, -0.15) is 0 Å². The fourth-order valence-electron chi connectivity index (χ4n) is 4.42. The van der Waals surface area contributed by atoms with Crippen molar-refractivity contribution in [1.82, 2.24) is 14.9 Å². The van der Waals surface area contributed by atoms with Gasteiger partial charge < -0.3 is 10.2 Å². The van der Waals surface area contributed by atoms with E-state index in [0.717, 1.165) is 37.6 Å². The lowest BCUT2D eigenvalue weighted by molar-refractivity contribution is 0.0951. The maximum Gasteiger partial charge on any atom is 0.263 e. The Labute approximate surface area is 200 Å². The maximum absolute atomic E-state index is 13.5. The lowest BCUT2D eigenvalue weighted by atomic mass is 10.1. The number of nitrogens with one attached hydrogen (secondary N) is 1. The summed E-state index contributed by atoms with van der Waals surface area (Å²) in [6.07, 6.45) is 2.06. The number of aromatic nitrogens is 2. The Balaban J connectivity index is 1.47. The molecule has 0 radical (unpaired) electrons. The van der Waals surface area contributed by atoms with Crippen molar-refractivity contribution in [3.05, 3.63) is 105 Å². The van der Waals surface area contributed by atoms with Crippen molar-refractivity contribution < 1.29 is 13.6 Å². The van der Waals surface area contributed by atoms with Gasteiger partial charge in [-0.05, 0) is 54.3 Å². The number of rotatable bonds is 6. The molecule has 1 aliphatic heterocycles. The van der Waals surface area contributed by atoms with Gasteiger partial charge in [-0.3, -0.25) is 14.2 Å². The summed E-state index contributed by atoms with van der Waals surface area (Å²) in [6, 6.07) is 17.6. The van der Waals surface area contributed by atoms with Crippen LogP contribution in [0.3, 0.4) is 0 Å². The van der Waals surface area contributed by atoms with Crippen LogP contribution in [0, 0.1) is 11.6 Å². The molecule has 1 amide bonds. The number of amides is 1. The molecule has 1 aliphatic rings. The number of fused-ring (bicyclic) bond motifs is 1. The van der Waals surface area contributed by atoms with Crippen LogP contribution in [0.15, 0.2) is 71.5 Å². The molecule has 1 N–H and O–H groups in total. The smallest absolute Gasteiger partial charge is 0.263 e. The second-order valence-corrected chi connectivity index (χ2v) is 8.68. The fourth-order valence-corrected chi connectivity index (χ4v) is 4.42. The van der Waals surface area contributed by atoms with Crippen LogP contribution >= 0.6 is 0 Å². The number of hydrogen-bond donors (Lipinski definition) is 1. The van der Waals surface area contributed by atoms with Crippen molar-refractivity contribution >= 4 is 22.8 Å². The summed E-state index contributed by atoms with van der Waals surface area (Å²) in [4.78, 5) is 33.2. The Morgan fingerprint density at radius 2 is 1.63 bits per heavy atom. The Morgan fingerprint density at radius 1 is 0.914 bits per heavy atom. The molecule has 8 heteroatoms. The number of halogens is 2. The Kier molecular flexibility index (Phi) is 6.27. The van der Waals surface area contributed by atoms with Crippen molar-refractivity contribution in [3.8, 4) is 0 Å². The monoisotopic (exact) mass is 474 g/mol. The summed E-state index contributed by atoms with van der Waals surface area (Å²) in [6.45, 7) is 2.01. The molecule has 6 nitrogen and oxygen atoms in total. The third-order valence-corrected chi connectivity index (χ3v) is 6.15. The van der Waals surface area contributed by atoms with Gasteiger partial charge in [-0.15, -0.1) is 0 Å². The largest absolute Gasteiger partial charge is 0.348 e. The molecule has 0 unspecified atom stereocenters. The van der Waals surface area contributed by atoms with Gasteiger partial charge in [0.1, 0.15) is 11.6 Å². The first-order chi connectivity index (χ1) is 17.0. The summed E-state index contributed by atoms with van der Waals surface area (Å²) in [5, 5.41) is 3.09. The molecule has 178 valence electrons. The minimum atomic E-state index is -0.703. The molecule has 1 fully saturated rings. The maximum atomic E-state index is 13.5. The zero-order valence-electron chi connectivity index (χ0n) is 19.0. The number of nitrogens with zero attached hydrogens (tertiary/aromatic N) is 3. The number of carbonyl (C=O) groups excluding carboxylic acids is 1. The van der Waals surface area contributed by atoms with E-state index < -0.39 is 17.5 Å². The van der Waals surface area contributed by atoms with E-state index in [9.17, 15) is 18.4 Å². The van der Waals surface area contributed by atoms with Gasteiger partial charge in [0.05, 0.1) is 17.4 Å². The second kappa shape index (κ2) is 9.66. The molecule has 0 saturated carbocycles. The van der Waals surface area contributed by atoms with Crippen LogP contribution in [-0.2, 0) is 13.1 Å². The fraction of sp³-hybridized carbons (Fsp3) is 0.222. The highest BCUT2D eigenvalue weighted by Crippen LogP contribution is 2.22. The topological polar surface area (TPSA) is 67.2 Å². The Bertz CT molecular complexity index is 1430. The van der Waals surface area contributed by atoms with E-state index in [4.69, 9.17) is 4.98 Å². The number of anilines is 1. The first-order valence-corrected chi connectivity index (χ1v) is 11.5. The van der Waals surface area contributed by atoms with Crippen LogP contribution in [0.5, 0.6) is 0 Å². The third kappa shape index (κ3) is 4.91. The second-order valence-electron chi connectivity index (χ2n) is 8.68. The van der Waals surface area contributed by atoms with Crippen LogP contribution in [0.25, 0.3) is 10.9 Å². The van der Waals surface area contributed by atoms with Gasteiger partial charge in [-0.1, -0.05) is 30.3 Å². The van der Waals surface area contributed by atoms with Gasteiger partial charge in [-0.25, -0.2) is 13.8 Å². The van der Waals surface area contributed by atoms with Crippen molar-refractivity contribution in [1.29, 1.82) is 0 Å². The van der Waals surface area contributed by atoms with Gasteiger partial charge in [0.15, 0.2) is 0 Å². The summed E-state index contributed by atoms with van der Waals surface area (Å²) in [5.74, 6) is -1.23. The van der Waals surface area contributed by atoms with E-state index in [0.29, 0.717) is 34.5 Å². The van der Waals surface area contributed by atoms with Gasteiger partial charge >= 0.3 is 0 Å². The molecule has 5 rings (SSSR count). The van der Waals surface area contributed by atoms with E-state index >= 15 is 0 Å². The lowest BCUT2D eigenvalue weighted by Crippen LogP contribution is -2.31. The van der Waals surface area contributed by atoms with Gasteiger partial charge in [0.2, 0.25) is 5.95 Å². The predicted molar refractivity (Wildman–Crippen MR) is 131 cm³/mol. The summed E-state index contributed by atoms with van der Waals surface area (Å²) < 4.78 is 28.6. The summed E-state index contributed by atoms with van der Waals surface area (Å²) in [7, 11) is 0. The quantitative estimate of drug-likeness (QED) is 0.454. The molecule has 3 aromatic carbocycles. The number of benzene rings is 3.